The lowest BCUT2D eigenvalue weighted by molar-refractivity contribution is -0.145. The van der Waals surface area contributed by atoms with Gasteiger partial charge in [0.1, 0.15) is 0 Å². The van der Waals surface area contributed by atoms with Gasteiger partial charge in [0.15, 0.2) is 5.96 Å². The number of methoxy groups -OCH3 is 1. The summed E-state index contributed by atoms with van der Waals surface area (Å²) in [7, 11) is 3.64. The van der Waals surface area contributed by atoms with Crippen molar-refractivity contribution < 1.29 is 9.53 Å². The molecule has 0 radical (unpaired) electrons. The van der Waals surface area contributed by atoms with Gasteiger partial charge < -0.3 is 19.9 Å². The predicted octanol–water partition coefficient (Wildman–Crippen LogP) is 0.947. The molecule has 0 saturated carbocycles. The van der Waals surface area contributed by atoms with Crippen LogP contribution in [0.3, 0.4) is 0 Å². The molecule has 0 aromatic heterocycles. The Bertz CT molecular complexity index is 468. The van der Waals surface area contributed by atoms with E-state index in [0.29, 0.717) is 12.6 Å². The third-order valence-electron chi connectivity index (χ3n) is 5.42. The third kappa shape index (κ3) is 6.23. The minimum Gasteiger partial charge on any atom is -0.469 e. The highest BCUT2D eigenvalue weighted by molar-refractivity contribution is 14.0. The molecule has 0 amide bonds. The van der Waals surface area contributed by atoms with Crippen molar-refractivity contribution in [2.75, 3.05) is 66.5 Å². The zero-order valence-electron chi connectivity index (χ0n) is 16.9. The van der Waals surface area contributed by atoms with Gasteiger partial charge in [0.2, 0.25) is 0 Å². The monoisotopic (exact) mass is 481 g/mol. The molecule has 0 aliphatic carbocycles. The summed E-state index contributed by atoms with van der Waals surface area (Å²) in [5.41, 5.74) is 0. The van der Waals surface area contributed by atoms with E-state index in [-0.39, 0.29) is 41.8 Å². The zero-order chi connectivity index (χ0) is 18.4. The van der Waals surface area contributed by atoms with Gasteiger partial charge in [-0.1, -0.05) is 6.92 Å². The van der Waals surface area contributed by atoms with E-state index in [1.54, 1.807) is 0 Å². The zero-order valence-corrected chi connectivity index (χ0v) is 19.2. The van der Waals surface area contributed by atoms with Crippen LogP contribution in [0.5, 0.6) is 0 Å². The summed E-state index contributed by atoms with van der Waals surface area (Å²) < 4.78 is 4.94. The number of esters is 1. The summed E-state index contributed by atoms with van der Waals surface area (Å²) in [6, 6.07) is 0.429. The van der Waals surface area contributed by atoms with Gasteiger partial charge in [0.05, 0.1) is 19.6 Å². The van der Waals surface area contributed by atoms with Gasteiger partial charge in [0, 0.05) is 51.9 Å². The van der Waals surface area contributed by atoms with Crippen LogP contribution in [0.4, 0.5) is 0 Å². The summed E-state index contributed by atoms with van der Waals surface area (Å²) in [4.78, 5) is 23.9. The fourth-order valence-corrected chi connectivity index (χ4v) is 3.62. The van der Waals surface area contributed by atoms with Crippen LogP contribution in [-0.2, 0) is 9.53 Å². The second-order valence-electron chi connectivity index (χ2n) is 7.39. The SMILES string of the molecule is CCNC(=NCC(C)N1CCN(C)CC1)N1CC(C)C(C(=O)OC)C1.I. The van der Waals surface area contributed by atoms with Crippen molar-refractivity contribution in [1.82, 2.24) is 20.0 Å². The Kier molecular flexibility index (Phi) is 10.2. The standard InChI is InChI=1S/C18H35N5O2.HI/c1-6-19-18(23-12-14(2)16(13-23)17(24)25-5)20-11-15(3)22-9-7-21(4)8-10-22;/h14-16H,6-13H2,1-5H3,(H,19,20);1H. The van der Waals surface area contributed by atoms with Crippen molar-refractivity contribution >= 4 is 35.9 Å². The number of rotatable bonds is 5. The van der Waals surface area contributed by atoms with Gasteiger partial charge in [-0.3, -0.25) is 14.7 Å². The lowest BCUT2D eigenvalue weighted by Gasteiger charge is -2.36. The number of hydrogen-bond donors (Lipinski definition) is 1. The molecule has 0 aromatic rings. The average molecular weight is 481 g/mol. The van der Waals surface area contributed by atoms with Crippen molar-refractivity contribution in [3.8, 4) is 0 Å². The van der Waals surface area contributed by atoms with Crippen LogP contribution in [-0.4, -0.2) is 99.2 Å². The maximum absolute atomic E-state index is 11.9. The summed E-state index contributed by atoms with van der Waals surface area (Å²) in [6.07, 6.45) is 0. The van der Waals surface area contributed by atoms with Gasteiger partial charge in [-0.15, -0.1) is 24.0 Å². The molecule has 2 heterocycles. The molecule has 2 rings (SSSR count). The summed E-state index contributed by atoms with van der Waals surface area (Å²) in [5.74, 6) is 1.02. The van der Waals surface area contributed by atoms with Crippen molar-refractivity contribution in [2.45, 2.75) is 26.8 Å². The van der Waals surface area contributed by atoms with Gasteiger partial charge in [-0.2, -0.15) is 0 Å². The van der Waals surface area contributed by atoms with Crippen LogP contribution in [0, 0.1) is 11.8 Å². The van der Waals surface area contributed by atoms with Gasteiger partial charge in [-0.25, -0.2) is 0 Å². The van der Waals surface area contributed by atoms with Gasteiger partial charge in [-0.05, 0) is 26.8 Å². The number of hydrogen-bond acceptors (Lipinski definition) is 5. The molecule has 2 saturated heterocycles. The van der Waals surface area contributed by atoms with Crippen LogP contribution >= 0.6 is 24.0 Å². The van der Waals surface area contributed by atoms with Crippen LogP contribution in [0.2, 0.25) is 0 Å². The molecule has 0 bridgehead atoms. The van der Waals surface area contributed by atoms with E-state index in [1.165, 1.54) is 7.11 Å². The highest BCUT2D eigenvalue weighted by atomic mass is 127. The Morgan fingerprint density at radius 2 is 1.92 bits per heavy atom. The molecule has 0 spiro atoms. The first-order valence-electron chi connectivity index (χ1n) is 9.49. The maximum Gasteiger partial charge on any atom is 0.310 e. The number of guanidine groups is 1. The number of carbonyl (C=O) groups excluding carboxylic acids is 1. The first-order chi connectivity index (χ1) is 12.0. The first kappa shape index (κ1) is 23.4. The number of likely N-dealkylation sites (tertiary alicyclic amines) is 1. The smallest absolute Gasteiger partial charge is 0.310 e. The largest absolute Gasteiger partial charge is 0.469 e. The van der Waals surface area contributed by atoms with Crippen molar-refractivity contribution in [1.29, 1.82) is 0 Å². The van der Waals surface area contributed by atoms with Crippen LogP contribution in [0.15, 0.2) is 4.99 Å². The third-order valence-corrected chi connectivity index (χ3v) is 5.42. The highest BCUT2D eigenvalue weighted by Crippen LogP contribution is 2.24. The molecule has 2 fully saturated rings. The summed E-state index contributed by atoms with van der Waals surface area (Å²) in [5, 5.41) is 3.39. The number of likely N-dealkylation sites (N-methyl/N-ethyl adjacent to an activating group) is 1. The molecule has 7 nitrogen and oxygen atoms in total. The van der Waals surface area contributed by atoms with E-state index in [2.05, 4.69) is 47.8 Å². The lowest BCUT2D eigenvalue weighted by Crippen LogP contribution is -2.49. The Labute approximate surface area is 175 Å². The van der Waals surface area contributed by atoms with E-state index in [4.69, 9.17) is 9.73 Å². The molecular formula is C18H36IN5O2. The normalized spacial score (nSPS) is 26.3. The molecule has 1 N–H and O–H groups in total. The minimum atomic E-state index is -0.114. The Hall–Kier alpha value is -0.610. The van der Waals surface area contributed by atoms with Crippen molar-refractivity contribution in [2.24, 2.45) is 16.8 Å². The fourth-order valence-electron chi connectivity index (χ4n) is 3.62. The molecule has 26 heavy (non-hydrogen) atoms. The van der Waals surface area contributed by atoms with Crippen molar-refractivity contribution in [3.63, 3.8) is 0 Å². The quantitative estimate of drug-likeness (QED) is 0.273. The number of piperazine rings is 1. The van der Waals surface area contributed by atoms with E-state index >= 15 is 0 Å². The average Bonchev–Trinajstić information content (AvgIpc) is 2.99. The van der Waals surface area contributed by atoms with E-state index < -0.39 is 0 Å². The van der Waals surface area contributed by atoms with Gasteiger partial charge in [0.25, 0.3) is 0 Å². The Morgan fingerprint density at radius 1 is 1.27 bits per heavy atom. The number of halogens is 1. The molecule has 2 aliphatic heterocycles. The van der Waals surface area contributed by atoms with E-state index in [1.807, 2.05) is 0 Å². The van der Waals surface area contributed by atoms with Crippen molar-refractivity contribution in [3.05, 3.63) is 0 Å². The summed E-state index contributed by atoms with van der Waals surface area (Å²) >= 11 is 0. The topological polar surface area (TPSA) is 60.4 Å². The first-order valence-corrected chi connectivity index (χ1v) is 9.49. The van der Waals surface area contributed by atoms with Crippen LogP contribution in [0.1, 0.15) is 20.8 Å². The second-order valence-corrected chi connectivity index (χ2v) is 7.39. The molecule has 2 aliphatic rings. The number of nitrogens with one attached hydrogen (secondary N) is 1. The molecular weight excluding hydrogens is 445 g/mol. The molecule has 3 atom stereocenters. The minimum absolute atomic E-state index is 0. The van der Waals surface area contributed by atoms with E-state index in [9.17, 15) is 4.79 Å². The van der Waals surface area contributed by atoms with Crippen LogP contribution in [0.25, 0.3) is 0 Å². The summed E-state index contributed by atoms with van der Waals surface area (Å²) in [6.45, 7) is 14.0. The van der Waals surface area contributed by atoms with Gasteiger partial charge >= 0.3 is 5.97 Å². The number of carbonyl (C=O) groups is 1. The van der Waals surface area contributed by atoms with Crippen LogP contribution < -0.4 is 5.32 Å². The molecule has 8 heteroatoms. The second kappa shape index (κ2) is 11.3. The number of aliphatic imine (C=N–C) groups is 1. The Balaban J connectivity index is 0.00000338. The lowest BCUT2D eigenvalue weighted by atomic mass is 9.99. The Morgan fingerprint density at radius 3 is 2.50 bits per heavy atom. The van der Waals surface area contributed by atoms with E-state index in [0.717, 1.165) is 51.8 Å². The highest BCUT2D eigenvalue weighted by Gasteiger charge is 2.37. The maximum atomic E-state index is 11.9. The molecule has 3 unspecified atom stereocenters. The molecule has 0 aromatic carbocycles. The molecule has 152 valence electrons. The number of ether oxygens (including phenoxy) is 1. The number of nitrogens with zero attached hydrogens (tertiary/aromatic N) is 4. The fraction of sp³-hybridized carbons (Fsp3) is 0.889. The predicted molar refractivity (Wildman–Crippen MR) is 116 cm³/mol.